The summed E-state index contributed by atoms with van der Waals surface area (Å²) in [5, 5.41) is 0. The van der Waals surface area contributed by atoms with Crippen molar-refractivity contribution in [2.24, 2.45) is 0 Å². The van der Waals surface area contributed by atoms with Gasteiger partial charge in [0, 0.05) is 4.90 Å². The van der Waals surface area contributed by atoms with Gasteiger partial charge in [-0.15, -0.1) is 12.6 Å². The fourth-order valence-electron chi connectivity index (χ4n) is 2.68. The van der Waals surface area contributed by atoms with Crippen molar-refractivity contribution in [1.82, 2.24) is 0 Å². The average Bonchev–Trinajstić information content (AvgIpc) is 2.53. The summed E-state index contributed by atoms with van der Waals surface area (Å²) < 4.78 is 5.72. The second kappa shape index (κ2) is 14.0. The SMILES string of the molecule is CCCCCCCCCCCCCCOc1ccc(S)cc1. The smallest absolute Gasteiger partial charge is 0.119 e. The Balaban J connectivity index is 1.79. The van der Waals surface area contributed by atoms with E-state index in [1.54, 1.807) is 0 Å². The Morgan fingerprint density at radius 3 is 1.64 bits per heavy atom. The van der Waals surface area contributed by atoms with Crippen LogP contribution in [0.5, 0.6) is 5.75 Å². The van der Waals surface area contributed by atoms with Gasteiger partial charge >= 0.3 is 0 Å². The standard InChI is InChI=1S/C20H34OS/c1-2-3-4-5-6-7-8-9-10-11-12-13-18-21-19-14-16-20(22)17-15-19/h14-17,22H,2-13,18H2,1H3. The highest BCUT2D eigenvalue weighted by Gasteiger charge is 1.95. The highest BCUT2D eigenvalue weighted by Crippen LogP contribution is 2.15. The fraction of sp³-hybridized carbons (Fsp3) is 0.700. The van der Waals surface area contributed by atoms with Gasteiger partial charge in [0.05, 0.1) is 6.61 Å². The maximum Gasteiger partial charge on any atom is 0.119 e. The van der Waals surface area contributed by atoms with E-state index in [1.807, 2.05) is 24.3 Å². The quantitative estimate of drug-likeness (QED) is 0.285. The molecule has 0 aliphatic heterocycles. The normalized spacial score (nSPS) is 10.8. The van der Waals surface area contributed by atoms with Gasteiger partial charge in [0.15, 0.2) is 0 Å². The third-order valence-electron chi connectivity index (χ3n) is 4.10. The lowest BCUT2D eigenvalue weighted by Gasteiger charge is -2.06. The van der Waals surface area contributed by atoms with Gasteiger partial charge in [-0.05, 0) is 30.7 Å². The molecule has 0 spiro atoms. The van der Waals surface area contributed by atoms with Crippen molar-refractivity contribution in [3.05, 3.63) is 24.3 Å². The van der Waals surface area contributed by atoms with Crippen LogP contribution in [0.1, 0.15) is 84.0 Å². The Bertz CT molecular complexity index is 347. The summed E-state index contributed by atoms with van der Waals surface area (Å²) in [5.74, 6) is 0.959. The van der Waals surface area contributed by atoms with Crippen molar-refractivity contribution in [2.75, 3.05) is 6.61 Å². The number of hydrogen-bond acceptors (Lipinski definition) is 2. The van der Waals surface area contributed by atoms with E-state index in [2.05, 4.69) is 19.6 Å². The third-order valence-corrected chi connectivity index (χ3v) is 4.40. The molecule has 0 unspecified atom stereocenters. The molecule has 1 nitrogen and oxygen atoms in total. The molecule has 22 heavy (non-hydrogen) atoms. The molecular formula is C20H34OS. The van der Waals surface area contributed by atoms with E-state index in [0.29, 0.717) is 0 Å². The maximum atomic E-state index is 5.72. The number of ether oxygens (including phenoxy) is 1. The number of hydrogen-bond donors (Lipinski definition) is 1. The van der Waals surface area contributed by atoms with Crippen LogP contribution in [0.2, 0.25) is 0 Å². The van der Waals surface area contributed by atoms with E-state index >= 15 is 0 Å². The topological polar surface area (TPSA) is 9.23 Å². The van der Waals surface area contributed by atoms with Gasteiger partial charge in [0.2, 0.25) is 0 Å². The van der Waals surface area contributed by atoms with Crippen LogP contribution in [-0.2, 0) is 0 Å². The lowest BCUT2D eigenvalue weighted by atomic mass is 10.1. The number of thiol groups is 1. The molecule has 0 saturated carbocycles. The van der Waals surface area contributed by atoms with Crippen molar-refractivity contribution >= 4 is 12.6 Å². The van der Waals surface area contributed by atoms with Crippen molar-refractivity contribution in [3.8, 4) is 5.75 Å². The highest BCUT2D eigenvalue weighted by molar-refractivity contribution is 7.80. The molecule has 0 atom stereocenters. The Morgan fingerprint density at radius 1 is 0.682 bits per heavy atom. The third kappa shape index (κ3) is 11.0. The van der Waals surface area contributed by atoms with Gasteiger partial charge < -0.3 is 4.74 Å². The lowest BCUT2D eigenvalue weighted by molar-refractivity contribution is 0.304. The van der Waals surface area contributed by atoms with E-state index < -0.39 is 0 Å². The van der Waals surface area contributed by atoms with E-state index in [9.17, 15) is 0 Å². The molecule has 0 amide bonds. The van der Waals surface area contributed by atoms with Crippen LogP contribution in [0.3, 0.4) is 0 Å². The second-order valence-electron chi connectivity index (χ2n) is 6.23. The first-order valence-corrected chi connectivity index (χ1v) is 9.69. The molecule has 0 radical (unpaired) electrons. The molecular weight excluding hydrogens is 288 g/mol. The zero-order valence-corrected chi connectivity index (χ0v) is 15.3. The Morgan fingerprint density at radius 2 is 1.14 bits per heavy atom. The van der Waals surface area contributed by atoms with E-state index in [4.69, 9.17) is 4.74 Å². The minimum absolute atomic E-state index is 0.837. The predicted molar refractivity (Wildman–Crippen MR) is 100 cm³/mol. The van der Waals surface area contributed by atoms with Gasteiger partial charge in [0.1, 0.15) is 5.75 Å². The van der Waals surface area contributed by atoms with Crippen molar-refractivity contribution < 1.29 is 4.74 Å². The van der Waals surface area contributed by atoms with Gasteiger partial charge in [-0.1, -0.05) is 77.6 Å². The molecule has 0 aliphatic rings. The Kier molecular flexibility index (Phi) is 12.4. The van der Waals surface area contributed by atoms with Crippen LogP contribution >= 0.6 is 12.6 Å². The number of unbranched alkanes of at least 4 members (excludes halogenated alkanes) is 11. The summed E-state index contributed by atoms with van der Waals surface area (Å²) in [6, 6.07) is 7.92. The minimum Gasteiger partial charge on any atom is -0.494 e. The molecule has 2 heteroatoms. The van der Waals surface area contributed by atoms with Gasteiger partial charge in [-0.25, -0.2) is 0 Å². The summed E-state index contributed by atoms with van der Waals surface area (Å²) >= 11 is 4.27. The van der Waals surface area contributed by atoms with Crippen LogP contribution in [0.25, 0.3) is 0 Å². The average molecular weight is 323 g/mol. The molecule has 1 rings (SSSR count). The molecule has 0 aromatic heterocycles. The van der Waals surface area contributed by atoms with Crippen molar-refractivity contribution in [2.45, 2.75) is 88.9 Å². The predicted octanol–water partition coefficient (Wildman–Crippen LogP) is 7.06. The van der Waals surface area contributed by atoms with E-state index in [0.717, 1.165) is 17.3 Å². The van der Waals surface area contributed by atoms with Crippen molar-refractivity contribution in [3.63, 3.8) is 0 Å². The molecule has 0 saturated heterocycles. The van der Waals surface area contributed by atoms with Gasteiger partial charge in [-0.2, -0.15) is 0 Å². The summed E-state index contributed by atoms with van der Waals surface area (Å²) in [6.07, 6.45) is 16.6. The van der Waals surface area contributed by atoms with Crippen LogP contribution in [0, 0.1) is 0 Å². The summed E-state index contributed by atoms with van der Waals surface area (Å²) in [5.41, 5.74) is 0. The molecule has 0 heterocycles. The van der Waals surface area contributed by atoms with Gasteiger partial charge in [-0.3, -0.25) is 0 Å². The molecule has 0 fully saturated rings. The molecule has 0 bridgehead atoms. The lowest BCUT2D eigenvalue weighted by Crippen LogP contribution is -1.97. The monoisotopic (exact) mass is 322 g/mol. The molecule has 0 N–H and O–H groups in total. The summed E-state index contributed by atoms with van der Waals surface area (Å²) in [4.78, 5) is 0.984. The summed E-state index contributed by atoms with van der Waals surface area (Å²) in [7, 11) is 0. The van der Waals surface area contributed by atoms with Gasteiger partial charge in [0.25, 0.3) is 0 Å². The molecule has 1 aromatic rings. The first-order valence-electron chi connectivity index (χ1n) is 9.24. The maximum absolute atomic E-state index is 5.72. The fourth-order valence-corrected chi connectivity index (χ4v) is 2.82. The minimum atomic E-state index is 0.837. The van der Waals surface area contributed by atoms with Crippen LogP contribution < -0.4 is 4.74 Å². The van der Waals surface area contributed by atoms with Crippen LogP contribution in [0.4, 0.5) is 0 Å². The van der Waals surface area contributed by atoms with Crippen LogP contribution in [-0.4, -0.2) is 6.61 Å². The first kappa shape index (κ1) is 19.4. The van der Waals surface area contributed by atoms with E-state index in [1.165, 1.54) is 77.0 Å². The first-order chi connectivity index (χ1) is 10.8. The summed E-state index contributed by atoms with van der Waals surface area (Å²) in [6.45, 7) is 3.12. The van der Waals surface area contributed by atoms with Crippen molar-refractivity contribution in [1.29, 1.82) is 0 Å². The molecule has 126 valence electrons. The zero-order valence-electron chi connectivity index (χ0n) is 14.4. The second-order valence-corrected chi connectivity index (χ2v) is 6.75. The number of benzene rings is 1. The van der Waals surface area contributed by atoms with E-state index in [-0.39, 0.29) is 0 Å². The molecule has 1 aromatic carbocycles. The number of rotatable bonds is 14. The Labute approximate surface area is 143 Å². The highest BCUT2D eigenvalue weighted by atomic mass is 32.1. The zero-order chi connectivity index (χ0) is 15.9. The Hall–Kier alpha value is -0.630. The molecule has 0 aliphatic carbocycles. The van der Waals surface area contributed by atoms with Crippen LogP contribution in [0.15, 0.2) is 29.2 Å². The largest absolute Gasteiger partial charge is 0.494 e.